The van der Waals surface area contributed by atoms with Gasteiger partial charge in [0, 0.05) is 27.7 Å². The van der Waals surface area contributed by atoms with E-state index in [2.05, 4.69) is 252 Å². The van der Waals surface area contributed by atoms with Gasteiger partial charge in [-0.1, -0.05) is 194 Å². The molecule has 2 aliphatic rings. The molecule has 0 saturated heterocycles. The number of benzene rings is 10. The lowest BCUT2D eigenvalue weighted by atomic mass is 9.65. The predicted molar refractivity (Wildman–Crippen MR) is 263 cm³/mol. The van der Waals surface area contributed by atoms with Gasteiger partial charge >= 0.3 is 0 Å². The molecule has 1 aromatic heterocycles. The predicted octanol–water partition coefficient (Wildman–Crippen LogP) is 15.9. The van der Waals surface area contributed by atoms with Crippen LogP contribution in [-0.2, 0) is 5.41 Å². The molecule has 0 N–H and O–H groups in total. The summed E-state index contributed by atoms with van der Waals surface area (Å²) in [6.07, 6.45) is 0. The van der Waals surface area contributed by atoms with Crippen molar-refractivity contribution in [3.8, 4) is 50.2 Å². The van der Waals surface area contributed by atoms with Crippen molar-refractivity contribution in [2.24, 2.45) is 0 Å². The molecule has 1 aliphatic heterocycles. The second-order valence-electron chi connectivity index (χ2n) is 16.8. The molecule has 0 radical (unpaired) electrons. The third-order valence-corrected chi connectivity index (χ3v) is 13.6. The molecule has 1 spiro atoms. The third kappa shape index (κ3) is 5.19. The van der Waals surface area contributed by atoms with Gasteiger partial charge in [0.05, 0.1) is 27.8 Å². The van der Waals surface area contributed by atoms with Gasteiger partial charge in [-0.3, -0.25) is 0 Å². The third-order valence-electron chi connectivity index (χ3n) is 13.6. The quantitative estimate of drug-likeness (QED) is 0.163. The van der Waals surface area contributed by atoms with E-state index in [1.165, 1.54) is 88.7 Å². The van der Waals surface area contributed by atoms with Gasteiger partial charge in [-0.15, -0.1) is 0 Å². The van der Waals surface area contributed by atoms with Crippen molar-refractivity contribution in [2.75, 3.05) is 4.90 Å². The zero-order valence-corrected chi connectivity index (χ0v) is 34.5. The van der Waals surface area contributed by atoms with Crippen LogP contribution in [0.4, 0.5) is 17.1 Å². The van der Waals surface area contributed by atoms with E-state index in [0.717, 1.165) is 22.6 Å². The second kappa shape index (κ2) is 13.9. The largest absolute Gasteiger partial charge is 0.310 e. The van der Waals surface area contributed by atoms with Crippen LogP contribution in [0.3, 0.4) is 0 Å². The number of fused-ring (bicyclic) bond motifs is 12. The second-order valence-corrected chi connectivity index (χ2v) is 16.8. The van der Waals surface area contributed by atoms with Crippen LogP contribution in [0.25, 0.3) is 72.0 Å². The molecule has 0 bridgehead atoms. The molecule has 0 fully saturated rings. The first-order chi connectivity index (χ1) is 31.3. The van der Waals surface area contributed by atoms with Crippen LogP contribution >= 0.6 is 0 Å². The summed E-state index contributed by atoms with van der Waals surface area (Å²) in [7, 11) is 0. The fourth-order valence-corrected chi connectivity index (χ4v) is 11.0. The Balaban J connectivity index is 1.10. The van der Waals surface area contributed by atoms with E-state index in [-0.39, 0.29) is 0 Å². The van der Waals surface area contributed by atoms with Crippen LogP contribution in [0.2, 0.25) is 0 Å². The Labute approximate surface area is 367 Å². The van der Waals surface area contributed by atoms with Crippen molar-refractivity contribution in [3.05, 3.63) is 265 Å². The van der Waals surface area contributed by atoms with Gasteiger partial charge in [-0.05, 0) is 110 Å². The van der Waals surface area contributed by atoms with Crippen molar-refractivity contribution in [2.45, 2.75) is 5.41 Å². The van der Waals surface area contributed by atoms with E-state index in [1.807, 2.05) is 0 Å². The molecule has 0 amide bonds. The van der Waals surface area contributed by atoms with Crippen molar-refractivity contribution < 1.29 is 0 Å². The van der Waals surface area contributed by atoms with Crippen LogP contribution < -0.4 is 4.90 Å². The van der Waals surface area contributed by atoms with E-state index in [0.29, 0.717) is 0 Å². The molecule has 0 atom stereocenters. The first-order valence-electron chi connectivity index (χ1n) is 21.8. The van der Waals surface area contributed by atoms with E-state index in [4.69, 9.17) is 0 Å². The lowest BCUT2D eigenvalue weighted by Crippen LogP contribution is -2.33. The SMILES string of the molecule is c1ccc(-c2ccc(N(c3ccc4c(c3)C3(c5ccccc5-c5ccccc53)c3cccc5c6ccccc6n-4c35)c3ccccc3-c3cccc(-c4ccccc4)c3)cc2)cc1. The summed E-state index contributed by atoms with van der Waals surface area (Å²) in [6.45, 7) is 0. The van der Waals surface area contributed by atoms with Crippen molar-refractivity contribution in [3.63, 3.8) is 0 Å². The Morgan fingerprint density at radius 3 is 1.59 bits per heavy atom. The molecular weight excluding hydrogens is 761 g/mol. The minimum absolute atomic E-state index is 0.561. The molecule has 0 unspecified atom stereocenters. The molecule has 2 heteroatoms. The van der Waals surface area contributed by atoms with Crippen molar-refractivity contribution in [1.82, 2.24) is 4.57 Å². The zero-order valence-electron chi connectivity index (χ0n) is 34.5. The van der Waals surface area contributed by atoms with Gasteiger partial charge in [-0.2, -0.15) is 0 Å². The lowest BCUT2D eigenvalue weighted by molar-refractivity contribution is 0.748. The van der Waals surface area contributed by atoms with Gasteiger partial charge in [0.2, 0.25) is 0 Å². The summed E-state index contributed by atoms with van der Waals surface area (Å²) in [5.41, 5.74) is 21.4. The van der Waals surface area contributed by atoms with Gasteiger partial charge < -0.3 is 9.47 Å². The minimum atomic E-state index is -0.561. The molecule has 2 nitrogen and oxygen atoms in total. The monoisotopic (exact) mass is 800 g/mol. The maximum atomic E-state index is 2.54. The highest BCUT2D eigenvalue weighted by atomic mass is 15.1. The smallest absolute Gasteiger partial charge is 0.0755 e. The van der Waals surface area contributed by atoms with Crippen LogP contribution in [-0.4, -0.2) is 4.57 Å². The first-order valence-corrected chi connectivity index (χ1v) is 21.8. The van der Waals surface area contributed by atoms with E-state index >= 15 is 0 Å². The maximum Gasteiger partial charge on any atom is 0.0755 e. The van der Waals surface area contributed by atoms with Crippen molar-refractivity contribution >= 4 is 38.9 Å². The van der Waals surface area contributed by atoms with E-state index in [9.17, 15) is 0 Å². The lowest BCUT2D eigenvalue weighted by Gasteiger charge is -2.40. The number of hydrogen-bond donors (Lipinski definition) is 0. The molecular formula is C61H40N2. The normalized spacial score (nSPS) is 12.9. The van der Waals surface area contributed by atoms with Crippen LogP contribution in [0.15, 0.2) is 243 Å². The number of nitrogens with zero attached hydrogens (tertiary/aromatic N) is 2. The van der Waals surface area contributed by atoms with Gasteiger partial charge in [-0.25, -0.2) is 0 Å². The minimum Gasteiger partial charge on any atom is -0.310 e. The summed E-state index contributed by atoms with van der Waals surface area (Å²) in [6, 6.07) is 89.6. The molecule has 13 rings (SSSR count). The standard InChI is InChI=1S/C61H40N2/c1-3-17-41(18-4-1)43-33-35-46(36-34-43)62(57-31-13-9-23-48(57)45-22-15-21-44(39-45)42-19-5-2-6-20-42)47-37-38-59-56(40-47)61(53-28-11-7-24-49(53)50-25-8-12-29-54(50)61)55-30-16-27-52-51-26-10-14-32-58(51)63(59)60(52)55/h1-40H. The fourth-order valence-electron chi connectivity index (χ4n) is 11.0. The molecule has 63 heavy (non-hydrogen) atoms. The Morgan fingerprint density at radius 1 is 0.317 bits per heavy atom. The Hall–Kier alpha value is -8.20. The molecule has 11 aromatic rings. The summed E-state index contributed by atoms with van der Waals surface area (Å²) < 4.78 is 2.54. The van der Waals surface area contributed by atoms with Gasteiger partial charge in [0.15, 0.2) is 0 Å². The van der Waals surface area contributed by atoms with E-state index in [1.54, 1.807) is 0 Å². The Bertz CT molecular complexity index is 3520. The number of anilines is 3. The maximum absolute atomic E-state index is 2.54. The Morgan fingerprint density at radius 2 is 0.841 bits per heavy atom. The van der Waals surface area contributed by atoms with E-state index < -0.39 is 5.41 Å². The summed E-state index contributed by atoms with van der Waals surface area (Å²) in [4.78, 5) is 2.48. The summed E-state index contributed by atoms with van der Waals surface area (Å²) in [5, 5.41) is 2.55. The molecule has 294 valence electrons. The number of para-hydroxylation sites is 3. The first kappa shape index (κ1) is 35.5. The van der Waals surface area contributed by atoms with Crippen LogP contribution in [0.5, 0.6) is 0 Å². The topological polar surface area (TPSA) is 8.17 Å². The molecule has 0 saturated carbocycles. The summed E-state index contributed by atoms with van der Waals surface area (Å²) >= 11 is 0. The van der Waals surface area contributed by atoms with Crippen LogP contribution in [0, 0.1) is 0 Å². The molecule has 2 heterocycles. The van der Waals surface area contributed by atoms with Crippen molar-refractivity contribution in [1.29, 1.82) is 0 Å². The fraction of sp³-hybridized carbons (Fsp3) is 0.0164. The van der Waals surface area contributed by atoms with Crippen LogP contribution in [0.1, 0.15) is 22.3 Å². The van der Waals surface area contributed by atoms with Gasteiger partial charge in [0.25, 0.3) is 0 Å². The van der Waals surface area contributed by atoms with Gasteiger partial charge in [0.1, 0.15) is 0 Å². The number of aromatic nitrogens is 1. The molecule has 1 aliphatic carbocycles. The number of hydrogen-bond acceptors (Lipinski definition) is 1. The highest BCUT2D eigenvalue weighted by Crippen LogP contribution is 2.61. The summed E-state index contributed by atoms with van der Waals surface area (Å²) in [5.74, 6) is 0. The highest BCUT2D eigenvalue weighted by Gasteiger charge is 2.51. The average molecular weight is 801 g/mol. The molecule has 10 aromatic carbocycles. The zero-order chi connectivity index (χ0) is 41.5. The highest BCUT2D eigenvalue weighted by molar-refractivity contribution is 6.13. The number of rotatable bonds is 6. The Kier molecular flexibility index (Phi) is 7.85. The average Bonchev–Trinajstić information content (AvgIpc) is 3.86.